The van der Waals surface area contributed by atoms with E-state index in [1.807, 2.05) is 18.7 Å². The van der Waals surface area contributed by atoms with Crippen LogP contribution >= 0.6 is 0 Å². The third kappa shape index (κ3) is 1.84. The number of rotatable bonds is 3. The van der Waals surface area contributed by atoms with Crippen LogP contribution < -0.4 is 11.1 Å². The Morgan fingerprint density at radius 2 is 1.75 bits per heavy atom. The summed E-state index contributed by atoms with van der Waals surface area (Å²) in [7, 11) is 1.98. The van der Waals surface area contributed by atoms with E-state index in [1.165, 1.54) is 38.5 Å². The summed E-state index contributed by atoms with van der Waals surface area (Å²) in [6, 6.07) is 0. The molecule has 20 heavy (non-hydrogen) atoms. The number of nitrogens with zero attached hydrogens (tertiary/aromatic N) is 2. The highest BCUT2D eigenvalue weighted by Crippen LogP contribution is 2.59. The highest BCUT2D eigenvalue weighted by molar-refractivity contribution is 5.64. The molecule has 5 rings (SSSR count). The van der Waals surface area contributed by atoms with Crippen molar-refractivity contribution in [2.75, 3.05) is 17.6 Å². The van der Waals surface area contributed by atoms with E-state index in [0.29, 0.717) is 5.41 Å². The quantitative estimate of drug-likeness (QED) is 0.891. The van der Waals surface area contributed by atoms with Gasteiger partial charge in [0.1, 0.15) is 5.82 Å². The van der Waals surface area contributed by atoms with E-state index in [9.17, 15) is 0 Å². The highest BCUT2D eigenvalue weighted by Gasteiger charge is 2.50. The zero-order chi connectivity index (χ0) is 13.9. The number of aryl methyl sites for hydroxylation is 2. The Hall–Kier alpha value is -1.19. The smallest absolute Gasteiger partial charge is 0.147 e. The molecule has 0 saturated heterocycles. The first kappa shape index (κ1) is 12.5. The molecule has 4 saturated carbocycles. The molecule has 1 heterocycles. The van der Waals surface area contributed by atoms with E-state index in [0.717, 1.165) is 41.5 Å². The maximum Gasteiger partial charge on any atom is 0.147 e. The van der Waals surface area contributed by atoms with E-state index in [4.69, 9.17) is 5.73 Å². The van der Waals surface area contributed by atoms with Gasteiger partial charge < -0.3 is 11.1 Å². The average Bonchev–Trinajstić information content (AvgIpc) is 2.59. The van der Waals surface area contributed by atoms with Crippen molar-refractivity contribution in [3.8, 4) is 0 Å². The van der Waals surface area contributed by atoms with Gasteiger partial charge in [0.05, 0.1) is 11.4 Å². The van der Waals surface area contributed by atoms with Crippen molar-refractivity contribution < 1.29 is 0 Å². The molecule has 4 nitrogen and oxygen atoms in total. The molecular weight excluding hydrogens is 248 g/mol. The van der Waals surface area contributed by atoms with Crippen LogP contribution in [0.5, 0.6) is 0 Å². The Bertz CT molecular complexity index is 496. The lowest BCUT2D eigenvalue weighted by atomic mass is 9.49. The summed E-state index contributed by atoms with van der Waals surface area (Å²) in [5, 5.41) is 8.04. The predicted molar refractivity (Wildman–Crippen MR) is 81.5 cm³/mol. The predicted octanol–water partition coefficient (Wildman–Crippen LogP) is 2.94. The normalized spacial score (nSPS) is 38.4. The zero-order valence-electron chi connectivity index (χ0n) is 12.7. The molecule has 4 fully saturated rings. The minimum absolute atomic E-state index is 0.541. The maximum absolute atomic E-state index is 6.14. The summed E-state index contributed by atoms with van der Waals surface area (Å²) < 4.78 is 1.89. The fourth-order valence-electron chi connectivity index (χ4n) is 5.66. The van der Waals surface area contributed by atoms with Gasteiger partial charge in [0.2, 0.25) is 0 Å². The zero-order valence-corrected chi connectivity index (χ0v) is 12.7. The monoisotopic (exact) mass is 274 g/mol. The van der Waals surface area contributed by atoms with Crippen molar-refractivity contribution in [3.63, 3.8) is 0 Å². The van der Waals surface area contributed by atoms with Gasteiger partial charge in [0.15, 0.2) is 0 Å². The lowest BCUT2D eigenvalue weighted by molar-refractivity contribution is -0.0445. The summed E-state index contributed by atoms with van der Waals surface area (Å²) in [6.07, 6.45) is 8.82. The molecule has 1 aromatic rings. The van der Waals surface area contributed by atoms with Crippen molar-refractivity contribution >= 4 is 11.5 Å². The van der Waals surface area contributed by atoms with E-state index >= 15 is 0 Å². The first-order valence-corrected chi connectivity index (χ1v) is 8.08. The summed E-state index contributed by atoms with van der Waals surface area (Å²) >= 11 is 0. The van der Waals surface area contributed by atoms with E-state index in [1.54, 1.807) is 0 Å². The van der Waals surface area contributed by atoms with Gasteiger partial charge in [-0.1, -0.05) is 0 Å². The third-order valence-electron chi connectivity index (χ3n) is 6.06. The topological polar surface area (TPSA) is 55.9 Å². The Labute approximate surface area is 121 Å². The Morgan fingerprint density at radius 3 is 2.20 bits per heavy atom. The van der Waals surface area contributed by atoms with Gasteiger partial charge in [-0.2, -0.15) is 5.10 Å². The molecular formula is C16H26N4. The fraction of sp³-hybridized carbons (Fsp3) is 0.812. The molecule has 4 bridgehead atoms. The van der Waals surface area contributed by atoms with Crippen LogP contribution in [0.4, 0.5) is 11.5 Å². The maximum atomic E-state index is 6.14. The van der Waals surface area contributed by atoms with Crippen molar-refractivity contribution in [1.82, 2.24) is 9.78 Å². The van der Waals surface area contributed by atoms with Crippen LogP contribution in [0.1, 0.15) is 44.2 Å². The molecule has 110 valence electrons. The summed E-state index contributed by atoms with van der Waals surface area (Å²) in [5.74, 6) is 4.04. The van der Waals surface area contributed by atoms with Gasteiger partial charge in [-0.25, -0.2) is 0 Å². The molecule has 0 unspecified atom stereocenters. The number of nitrogen functional groups attached to an aromatic ring is 1. The standard InChI is InChI=1S/C16H26N4/c1-10-14(17)15(20(2)19-10)18-9-16-6-11-3-12(7-16)5-13(4-11)8-16/h11-13,18H,3-9,17H2,1-2H3. The minimum Gasteiger partial charge on any atom is -0.394 e. The summed E-state index contributed by atoms with van der Waals surface area (Å²) in [6.45, 7) is 3.06. The molecule has 0 aromatic carbocycles. The molecule has 1 aromatic heterocycles. The van der Waals surface area contributed by atoms with Crippen LogP contribution in [0.15, 0.2) is 0 Å². The number of hydrogen-bond acceptors (Lipinski definition) is 3. The SMILES string of the molecule is Cc1nn(C)c(NCC23CC4CC(CC(C4)C2)C3)c1N. The molecule has 4 aliphatic carbocycles. The van der Waals surface area contributed by atoms with Gasteiger partial charge >= 0.3 is 0 Å². The van der Waals surface area contributed by atoms with Crippen molar-refractivity contribution in [2.45, 2.75) is 45.4 Å². The minimum atomic E-state index is 0.541. The van der Waals surface area contributed by atoms with Crippen LogP contribution in [0.25, 0.3) is 0 Å². The first-order valence-electron chi connectivity index (χ1n) is 8.08. The van der Waals surface area contributed by atoms with E-state index in [-0.39, 0.29) is 0 Å². The van der Waals surface area contributed by atoms with Gasteiger partial charge in [-0.15, -0.1) is 0 Å². The average molecular weight is 274 g/mol. The van der Waals surface area contributed by atoms with Gasteiger partial charge in [-0.3, -0.25) is 4.68 Å². The Balaban J connectivity index is 1.52. The molecule has 0 radical (unpaired) electrons. The van der Waals surface area contributed by atoms with Gasteiger partial charge in [0, 0.05) is 13.6 Å². The summed E-state index contributed by atoms with van der Waals surface area (Å²) in [4.78, 5) is 0. The number of nitrogens with one attached hydrogen (secondary N) is 1. The van der Waals surface area contributed by atoms with Crippen molar-refractivity contribution in [3.05, 3.63) is 5.69 Å². The molecule has 4 heteroatoms. The Kier molecular flexibility index (Phi) is 2.60. The number of aromatic nitrogens is 2. The van der Waals surface area contributed by atoms with E-state index in [2.05, 4.69) is 10.4 Å². The largest absolute Gasteiger partial charge is 0.394 e. The van der Waals surface area contributed by atoms with Crippen LogP contribution in [-0.2, 0) is 7.05 Å². The second-order valence-electron chi connectivity index (χ2n) is 7.74. The highest BCUT2D eigenvalue weighted by atomic mass is 15.3. The van der Waals surface area contributed by atoms with Gasteiger partial charge in [-0.05, 0) is 68.6 Å². The molecule has 0 atom stereocenters. The number of nitrogens with two attached hydrogens (primary N) is 1. The summed E-state index contributed by atoms with van der Waals surface area (Å²) in [5.41, 5.74) is 8.42. The van der Waals surface area contributed by atoms with Crippen LogP contribution in [0.3, 0.4) is 0 Å². The lowest BCUT2D eigenvalue weighted by Gasteiger charge is -2.57. The molecule has 0 spiro atoms. The molecule has 0 aliphatic heterocycles. The number of hydrogen-bond donors (Lipinski definition) is 2. The van der Waals surface area contributed by atoms with Crippen molar-refractivity contribution in [2.24, 2.45) is 30.2 Å². The molecule has 4 aliphatic rings. The molecule has 0 amide bonds. The third-order valence-corrected chi connectivity index (χ3v) is 6.06. The first-order chi connectivity index (χ1) is 9.55. The number of anilines is 2. The van der Waals surface area contributed by atoms with Crippen LogP contribution in [-0.4, -0.2) is 16.3 Å². The second kappa shape index (κ2) is 4.15. The fourth-order valence-corrected chi connectivity index (χ4v) is 5.66. The van der Waals surface area contributed by atoms with E-state index < -0.39 is 0 Å². The van der Waals surface area contributed by atoms with Crippen molar-refractivity contribution in [1.29, 1.82) is 0 Å². The Morgan fingerprint density at radius 1 is 1.20 bits per heavy atom. The second-order valence-corrected chi connectivity index (χ2v) is 7.74. The van der Waals surface area contributed by atoms with Crippen LogP contribution in [0, 0.1) is 30.1 Å². The molecule has 3 N–H and O–H groups in total. The lowest BCUT2D eigenvalue weighted by Crippen LogP contribution is -2.49. The van der Waals surface area contributed by atoms with Gasteiger partial charge in [0.25, 0.3) is 0 Å². The van der Waals surface area contributed by atoms with Crippen LogP contribution in [0.2, 0.25) is 0 Å².